The van der Waals surface area contributed by atoms with Gasteiger partial charge in [0.25, 0.3) is 5.69 Å². The molecular weight excluding hydrogens is 314 g/mol. The van der Waals surface area contributed by atoms with Crippen molar-refractivity contribution < 1.29 is 4.92 Å². The van der Waals surface area contributed by atoms with Crippen LogP contribution < -0.4 is 4.90 Å². The van der Waals surface area contributed by atoms with Gasteiger partial charge in [-0.1, -0.05) is 36.8 Å². The molecule has 25 heavy (non-hydrogen) atoms. The first-order valence-corrected chi connectivity index (χ1v) is 8.86. The molecule has 0 amide bonds. The van der Waals surface area contributed by atoms with Crippen LogP contribution in [0.5, 0.6) is 0 Å². The fourth-order valence-electron chi connectivity index (χ4n) is 3.61. The van der Waals surface area contributed by atoms with E-state index in [1.165, 1.54) is 19.3 Å². The summed E-state index contributed by atoms with van der Waals surface area (Å²) in [6.07, 6.45) is 3.88. The highest BCUT2D eigenvalue weighted by Gasteiger charge is 2.26. The second-order valence-corrected chi connectivity index (χ2v) is 6.80. The third-order valence-corrected chi connectivity index (χ3v) is 5.18. The number of benzene rings is 2. The number of rotatable bonds is 4. The molecule has 5 heteroatoms. The van der Waals surface area contributed by atoms with Gasteiger partial charge in [0.15, 0.2) is 0 Å². The Kier molecular flexibility index (Phi) is 4.22. The van der Waals surface area contributed by atoms with Crippen molar-refractivity contribution in [3.05, 3.63) is 69.8 Å². The number of non-ortho nitro benzene ring substituents is 1. The third-order valence-electron chi connectivity index (χ3n) is 5.18. The van der Waals surface area contributed by atoms with Gasteiger partial charge in [0.1, 0.15) is 0 Å². The number of hydrogen-bond donors (Lipinski definition) is 0. The van der Waals surface area contributed by atoms with Crippen molar-refractivity contribution in [2.45, 2.75) is 19.3 Å². The Morgan fingerprint density at radius 3 is 2.64 bits per heavy atom. The predicted molar refractivity (Wildman–Crippen MR) is 99.6 cm³/mol. The summed E-state index contributed by atoms with van der Waals surface area (Å²) in [7, 11) is 0. The van der Waals surface area contributed by atoms with Gasteiger partial charge in [-0.05, 0) is 24.8 Å². The van der Waals surface area contributed by atoms with E-state index in [1.807, 2.05) is 36.4 Å². The van der Waals surface area contributed by atoms with Crippen molar-refractivity contribution in [3.8, 4) is 0 Å². The predicted octanol–water partition coefficient (Wildman–Crippen LogP) is 4.05. The van der Waals surface area contributed by atoms with Crippen LogP contribution in [0.2, 0.25) is 0 Å². The fraction of sp³-hybridized carbons (Fsp3) is 0.350. The standard InChI is InChI=1S/C20H21N3O2/c24-23(25)17-9-10-19-18(13-17)20(16-7-2-1-3-8-16)21-11-12-22(19)14-15-5-4-6-15/h1-3,7-10,13,15H,4-6,11-12,14H2. The molecular formula is C20H21N3O2. The number of aliphatic imine (C=N–C) groups is 1. The van der Waals surface area contributed by atoms with Gasteiger partial charge in [-0.15, -0.1) is 0 Å². The molecule has 2 aromatic rings. The van der Waals surface area contributed by atoms with E-state index in [4.69, 9.17) is 4.99 Å². The van der Waals surface area contributed by atoms with E-state index in [9.17, 15) is 10.1 Å². The zero-order chi connectivity index (χ0) is 17.2. The van der Waals surface area contributed by atoms with Gasteiger partial charge in [0.2, 0.25) is 0 Å². The first-order valence-electron chi connectivity index (χ1n) is 8.86. The van der Waals surface area contributed by atoms with Gasteiger partial charge in [-0.25, -0.2) is 0 Å². The summed E-state index contributed by atoms with van der Waals surface area (Å²) >= 11 is 0. The summed E-state index contributed by atoms with van der Waals surface area (Å²) in [4.78, 5) is 18.1. The van der Waals surface area contributed by atoms with Crippen molar-refractivity contribution >= 4 is 17.1 Å². The van der Waals surface area contributed by atoms with Crippen molar-refractivity contribution in [3.63, 3.8) is 0 Å². The lowest BCUT2D eigenvalue weighted by Gasteiger charge is -2.33. The van der Waals surface area contributed by atoms with E-state index in [1.54, 1.807) is 12.1 Å². The van der Waals surface area contributed by atoms with Crippen LogP contribution in [0.25, 0.3) is 0 Å². The molecule has 128 valence electrons. The lowest BCUT2D eigenvalue weighted by Crippen LogP contribution is -2.34. The molecule has 2 aliphatic rings. The van der Waals surface area contributed by atoms with Crippen LogP contribution in [-0.2, 0) is 0 Å². The molecule has 0 aromatic heterocycles. The third kappa shape index (κ3) is 3.14. The zero-order valence-electron chi connectivity index (χ0n) is 14.1. The minimum atomic E-state index is -0.329. The molecule has 0 spiro atoms. The molecule has 0 atom stereocenters. The van der Waals surface area contributed by atoms with Crippen LogP contribution in [0.1, 0.15) is 30.4 Å². The second-order valence-electron chi connectivity index (χ2n) is 6.80. The van der Waals surface area contributed by atoms with Gasteiger partial charge in [-0.3, -0.25) is 15.1 Å². The van der Waals surface area contributed by atoms with Crippen LogP contribution >= 0.6 is 0 Å². The Labute approximate surface area is 147 Å². The summed E-state index contributed by atoms with van der Waals surface area (Å²) in [5, 5.41) is 11.3. The molecule has 0 bridgehead atoms. The quantitative estimate of drug-likeness (QED) is 0.625. The summed E-state index contributed by atoms with van der Waals surface area (Å²) in [5.74, 6) is 0.737. The average molecular weight is 335 g/mol. The molecule has 2 aromatic carbocycles. The molecule has 1 aliphatic carbocycles. The first kappa shape index (κ1) is 15.8. The van der Waals surface area contributed by atoms with Crippen molar-refractivity contribution in [1.29, 1.82) is 0 Å². The van der Waals surface area contributed by atoms with E-state index in [0.717, 1.165) is 41.5 Å². The normalized spacial score (nSPS) is 17.3. The zero-order valence-corrected chi connectivity index (χ0v) is 14.1. The lowest BCUT2D eigenvalue weighted by molar-refractivity contribution is -0.384. The maximum atomic E-state index is 11.3. The van der Waals surface area contributed by atoms with Crippen molar-refractivity contribution in [1.82, 2.24) is 0 Å². The molecule has 0 saturated heterocycles. The summed E-state index contributed by atoms with van der Waals surface area (Å²) in [5.41, 5.74) is 3.92. The highest BCUT2D eigenvalue weighted by Crippen LogP contribution is 2.33. The fourth-order valence-corrected chi connectivity index (χ4v) is 3.61. The number of fused-ring (bicyclic) bond motifs is 1. The number of nitro benzene ring substituents is 1. The summed E-state index contributed by atoms with van der Waals surface area (Å²) in [6, 6.07) is 15.2. The Bertz CT molecular complexity index is 813. The maximum absolute atomic E-state index is 11.3. The number of nitrogens with zero attached hydrogens (tertiary/aromatic N) is 3. The first-order chi connectivity index (χ1) is 12.2. The summed E-state index contributed by atoms with van der Waals surface area (Å²) < 4.78 is 0. The maximum Gasteiger partial charge on any atom is 0.270 e. The van der Waals surface area contributed by atoms with Gasteiger partial charge >= 0.3 is 0 Å². The second kappa shape index (κ2) is 6.67. The van der Waals surface area contributed by atoms with Crippen molar-refractivity contribution in [2.75, 3.05) is 24.5 Å². The monoisotopic (exact) mass is 335 g/mol. The van der Waals surface area contributed by atoms with Gasteiger partial charge < -0.3 is 4.90 Å². The van der Waals surface area contributed by atoms with Crippen LogP contribution in [0, 0.1) is 16.0 Å². The van der Waals surface area contributed by atoms with Crippen LogP contribution in [0.15, 0.2) is 53.5 Å². The molecule has 0 unspecified atom stereocenters. The molecule has 4 rings (SSSR count). The Hall–Kier alpha value is -2.69. The minimum absolute atomic E-state index is 0.118. The van der Waals surface area contributed by atoms with Gasteiger partial charge in [0.05, 0.1) is 17.2 Å². The van der Waals surface area contributed by atoms with E-state index in [-0.39, 0.29) is 10.6 Å². The Morgan fingerprint density at radius 2 is 1.96 bits per heavy atom. The van der Waals surface area contributed by atoms with Crippen LogP contribution in [0.4, 0.5) is 11.4 Å². The van der Waals surface area contributed by atoms with Crippen LogP contribution in [-0.4, -0.2) is 30.3 Å². The molecule has 0 N–H and O–H groups in total. The highest BCUT2D eigenvalue weighted by atomic mass is 16.6. The molecule has 1 heterocycles. The van der Waals surface area contributed by atoms with Crippen LogP contribution in [0.3, 0.4) is 0 Å². The Morgan fingerprint density at radius 1 is 1.16 bits per heavy atom. The van der Waals surface area contributed by atoms with Crippen molar-refractivity contribution in [2.24, 2.45) is 10.9 Å². The van der Waals surface area contributed by atoms with Gasteiger partial charge in [0, 0.05) is 42.0 Å². The largest absolute Gasteiger partial charge is 0.369 e. The van der Waals surface area contributed by atoms with E-state index < -0.39 is 0 Å². The molecule has 5 nitrogen and oxygen atoms in total. The molecule has 1 saturated carbocycles. The minimum Gasteiger partial charge on any atom is -0.369 e. The van der Waals surface area contributed by atoms with E-state index in [0.29, 0.717) is 6.54 Å². The van der Waals surface area contributed by atoms with Gasteiger partial charge in [-0.2, -0.15) is 0 Å². The number of benzodiazepines with no additional fused rings is 1. The van der Waals surface area contributed by atoms with E-state index in [2.05, 4.69) is 4.90 Å². The average Bonchev–Trinajstić information content (AvgIpc) is 2.77. The molecule has 0 radical (unpaired) electrons. The molecule has 1 aliphatic heterocycles. The number of anilines is 1. The topological polar surface area (TPSA) is 58.7 Å². The summed E-state index contributed by atoms with van der Waals surface area (Å²) in [6.45, 7) is 2.58. The highest BCUT2D eigenvalue weighted by molar-refractivity contribution is 6.16. The Balaban J connectivity index is 1.79. The SMILES string of the molecule is O=[N+]([O-])c1ccc2c(c1)C(c1ccccc1)=NCCN2CC1CCC1. The lowest BCUT2D eigenvalue weighted by atomic mass is 9.85. The number of hydrogen-bond acceptors (Lipinski definition) is 4. The smallest absolute Gasteiger partial charge is 0.270 e. The van der Waals surface area contributed by atoms with E-state index >= 15 is 0 Å². The number of nitro groups is 1. The molecule has 1 fully saturated rings.